The molecular formula is C6H14N2O. The van der Waals surface area contributed by atoms with Crippen molar-refractivity contribution in [1.29, 1.82) is 0 Å². The van der Waals surface area contributed by atoms with E-state index in [1.807, 2.05) is 19.1 Å². The first-order valence-electron chi connectivity index (χ1n) is 3.30. The highest BCUT2D eigenvalue weighted by Crippen LogP contribution is 2.02. The predicted molar refractivity (Wildman–Crippen MR) is 36.0 cm³/mol. The summed E-state index contributed by atoms with van der Waals surface area (Å²) in [6.07, 6.45) is 1.14. The van der Waals surface area contributed by atoms with E-state index in [-0.39, 0.29) is 0 Å². The fraction of sp³-hybridized carbons (Fsp3) is 1.00. The lowest BCUT2D eigenvalue weighted by molar-refractivity contribution is 0.169. The van der Waals surface area contributed by atoms with Crippen LogP contribution in [0.4, 0.5) is 0 Å². The predicted octanol–water partition coefficient (Wildman–Crippen LogP) is -0.159. The lowest BCUT2D eigenvalue weighted by atomic mass is 10.3. The molecule has 0 aromatic heterocycles. The maximum Gasteiger partial charge on any atom is 0.0634 e. The molecule has 0 radical (unpaired) electrons. The highest BCUT2D eigenvalue weighted by atomic mass is 16.5. The molecule has 0 spiro atoms. The lowest BCUT2D eigenvalue weighted by Crippen LogP contribution is -2.39. The highest BCUT2D eigenvalue weighted by molar-refractivity contribution is 4.67. The molecule has 1 saturated heterocycles. The van der Waals surface area contributed by atoms with Gasteiger partial charge in [-0.05, 0) is 6.42 Å². The molecule has 54 valence electrons. The Labute approximate surface area is 56.0 Å². The standard InChI is InChI=1S/C6H14N2O/c1-8(2)7-6-3-4-9-5-6/h6-7H,3-5H2,1-2H3. The molecule has 0 aromatic rings. The Balaban J connectivity index is 2.11. The van der Waals surface area contributed by atoms with Gasteiger partial charge in [0.05, 0.1) is 6.61 Å². The van der Waals surface area contributed by atoms with Gasteiger partial charge < -0.3 is 4.74 Å². The van der Waals surface area contributed by atoms with Crippen molar-refractivity contribution < 1.29 is 4.74 Å². The van der Waals surface area contributed by atoms with Crippen molar-refractivity contribution in [2.45, 2.75) is 12.5 Å². The molecule has 1 N–H and O–H groups in total. The van der Waals surface area contributed by atoms with Gasteiger partial charge in [-0.2, -0.15) is 0 Å². The average Bonchev–Trinajstić information content (AvgIpc) is 2.15. The number of ether oxygens (including phenoxy) is 1. The zero-order valence-electron chi connectivity index (χ0n) is 6.05. The van der Waals surface area contributed by atoms with Crippen molar-refractivity contribution in [1.82, 2.24) is 10.4 Å². The molecule has 1 heterocycles. The third kappa shape index (κ3) is 2.30. The van der Waals surface area contributed by atoms with Crippen molar-refractivity contribution in [2.24, 2.45) is 0 Å². The van der Waals surface area contributed by atoms with Crippen LogP contribution in [-0.2, 0) is 4.74 Å². The van der Waals surface area contributed by atoms with Crippen molar-refractivity contribution in [2.75, 3.05) is 27.3 Å². The molecule has 3 heteroatoms. The van der Waals surface area contributed by atoms with Crippen molar-refractivity contribution in [3.63, 3.8) is 0 Å². The van der Waals surface area contributed by atoms with E-state index in [1.165, 1.54) is 0 Å². The third-order valence-electron chi connectivity index (χ3n) is 1.37. The van der Waals surface area contributed by atoms with Crippen LogP contribution in [0.15, 0.2) is 0 Å². The quantitative estimate of drug-likeness (QED) is 0.526. The van der Waals surface area contributed by atoms with Crippen LogP contribution in [0.2, 0.25) is 0 Å². The van der Waals surface area contributed by atoms with E-state index < -0.39 is 0 Å². The van der Waals surface area contributed by atoms with Crippen LogP contribution in [0.5, 0.6) is 0 Å². The summed E-state index contributed by atoms with van der Waals surface area (Å²) in [7, 11) is 4.00. The van der Waals surface area contributed by atoms with Gasteiger partial charge in [0, 0.05) is 26.7 Å². The fourth-order valence-electron chi connectivity index (χ4n) is 1.00. The second-order valence-corrected chi connectivity index (χ2v) is 2.58. The normalized spacial score (nSPS) is 27.7. The summed E-state index contributed by atoms with van der Waals surface area (Å²) in [5, 5.41) is 1.97. The van der Waals surface area contributed by atoms with Crippen LogP contribution in [-0.4, -0.2) is 38.4 Å². The summed E-state index contributed by atoms with van der Waals surface area (Å²) in [5.74, 6) is 0. The molecule has 1 unspecified atom stereocenters. The first-order chi connectivity index (χ1) is 4.29. The Morgan fingerprint density at radius 1 is 1.56 bits per heavy atom. The smallest absolute Gasteiger partial charge is 0.0634 e. The monoisotopic (exact) mass is 130 g/mol. The number of rotatable bonds is 2. The SMILES string of the molecule is CN(C)NC1CCOC1. The van der Waals surface area contributed by atoms with E-state index in [4.69, 9.17) is 4.74 Å². The van der Waals surface area contributed by atoms with E-state index in [0.717, 1.165) is 19.6 Å². The summed E-state index contributed by atoms with van der Waals surface area (Å²) in [5.41, 5.74) is 3.25. The molecule has 9 heavy (non-hydrogen) atoms. The van der Waals surface area contributed by atoms with Crippen LogP contribution in [0.25, 0.3) is 0 Å². The van der Waals surface area contributed by atoms with E-state index >= 15 is 0 Å². The number of hydrogen-bond acceptors (Lipinski definition) is 3. The number of hydrazine groups is 1. The molecule has 3 nitrogen and oxygen atoms in total. The molecule has 1 rings (SSSR count). The van der Waals surface area contributed by atoms with Gasteiger partial charge in [-0.25, -0.2) is 0 Å². The molecule has 0 bridgehead atoms. The first kappa shape index (κ1) is 6.99. The number of nitrogens with one attached hydrogen (secondary N) is 1. The van der Waals surface area contributed by atoms with Crippen LogP contribution >= 0.6 is 0 Å². The van der Waals surface area contributed by atoms with Gasteiger partial charge in [0.15, 0.2) is 0 Å². The van der Waals surface area contributed by atoms with E-state index in [0.29, 0.717) is 6.04 Å². The zero-order valence-corrected chi connectivity index (χ0v) is 6.05. The van der Waals surface area contributed by atoms with Crippen LogP contribution in [0.3, 0.4) is 0 Å². The molecule has 1 aliphatic heterocycles. The van der Waals surface area contributed by atoms with Gasteiger partial charge in [-0.1, -0.05) is 0 Å². The fourth-order valence-corrected chi connectivity index (χ4v) is 1.00. The summed E-state index contributed by atoms with van der Waals surface area (Å²) in [4.78, 5) is 0. The van der Waals surface area contributed by atoms with E-state index in [9.17, 15) is 0 Å². The van der Waals surface area contributed by atoms with Gasteiger partial charge >= 0.3 is 0 Å². The van der Waals surface area contributed by atoms with Gasteiger partial charge in [0.1, 0.15) is 0 Å². The highest BCUT2D eigenvalue weighted by Gasteiger charge is 2.14. The van der Waals surface area contributed by atoms with Crippen molar-refractivity contribution in [3.05, 3.63) is 0 Å². The zero-order chi connectivity index (χ0) is 6.69. The van der Waals surface area contributed by atoms with E-state index in [1.54, 1.807) is 0 Å². The maximum absolute atomic E-state index is 5.17. The molecule has 0 saturated carbocycles. The first-order valence-corrected chi connectivity index (χ1v) is 3.30. The van der Waals surface area contributed by atoms with Gasteiger partial charge in [-0.15, -0.1) is 0 Å². The average molecular weight is 130 g/mol. The van der Waals surface area contributed by atoms with Crippen LogP contribution < -0.4 is 5.43 Å². The molecule has 0 amide bonds. The summed E-state index contributed by atoms with van der Waals surface area (Å²) in [6, 6.07) is 0.542. The van der Waals surface area contributed by atoms with Gasteiger partial charge in [0.2, 0.25) is 0 Å². The second-order valence-electron chi connectivity index (χ2n) is 2.58. The minimum absolute atomic E-state index is 0.542. The number of hydrogen-bond donors (Lipinski definition) is 1. The molecule has 0 aromatic carbocycles. The Morgan fingerprint density at radius 2 is 2.33 bits per heavy atom. The Morgan fingerprint density at radius 3 is 2.78 bits per heavy atom. The molecule has 0 aliphatic carbocycles. The minimum Gasteiger partial charge on any atom is -0.380 e. The van der Waals surface area contributed by atoms with E-state index in [2.05, 4.69) is 5.43 Å². The lowest BCUT2D eigenvalue weighted by Gasteiger charge is -2.16. The Bertz CT molecular complexity index is 79.1. The molecule has 1 atom stereocenters. The largest absolute Gasteiger partial charge is 0.380 e. The molecular weight excluding hydrogens is 116 g/mol. The Hall–Kier alpha value is -0.120. The van der Waals surface area contributed by atoms with Crippen molar-refractivity contribution >= 4 is 0 Å². The van der Waals surface area contributed by atoms with Gasteiger partial charge in [-0.3, -0.25) is 10.4 Å². The number of nitrogens with zero attached hydrogens (tertiary/aromatic N) is 1. The topological polar surface area (TPSA) is 24.5 Å². The van der Waals surface area contributed by atoms with Gasteiger partial charge in [0.25, 0.3) is 0 Å². The van der Waals surface area contributed by atoms with Crippen LogP contribution in [0, 0.1) is 0 Å². The summed E-state index contributed by atoms with van der Waals surface area (Å²) < 4.78 is 5.17. The second kappa shape index (κ2) is 3.15. The summed E-state index contributed by atoms with van der Waals surface area (Å²) in [6.45, 7) is 1.77. The maximum atomic E-state index is 5.17. The summed E-state index contributed by atoms with van der Waals surface area (Å²) >= 11 is 0. The third-order valence-corrected chi connectivity index (χ3v) is 1.37. The molecule has 1 aliphatic rings. The minimum atomic E-state index is 0.542. The van der Waals surface area contributed by atoms with Crippen LogP contribution in [0.1, 0.15) is 6.42 Å². The van der Waals surface area contributed by atoms with Crippen molar-refractivity contribution in [3.8, 4) is 0 Å². The Kier molecular flexibility index (Phi) is 2.45. The molecule has 1 fully saturated rings.